The molecule has 4 heteroatoms. The highest BCUT2D eigenvalue weighted by atomic mass is 79.9. The van der Waals surface area contributed by atoms with Gasteiger partial charge < -0.3 is 5.32 Å². The molecule has 0 unspecified atom stereocenters. The summed E-state index contributed by atoms with van der Waals surface area (Å²) in [7, 11) is 0. The van der Waals surface area contributed by atoms with Gasteiger partial charge in [-0.05, 0) is 46.3 Å². The van der Waals surface area contributed by atoms with Crippen molar-refractivity contribution in [3.05, 3.63) is 20.8 Å². The molecule has 1 N–H and O–H groups in total. The van der Waals surface area contributed by atoms with Crippen molar-refractivity contribution in [1.82, 2.24) is 5.32 Å². The van der Waals surface area contributed by atoms with Gasteiger partial charge in [-0.25, -0.2) is 0 Å². The Kier molecular flexibility index (Phi) is 6.34. The van der Waals surface area contributed by atoms with Crippen LogP contribution in [-0.4, -0.2) is 12.4 Å². The lowest BCUT2D eigenvalue weighted by Crippen LogP contribution is -2.28. The fourth-order valence-corrected chi connectivity index (χ4v) is 3.19. The maximum atomic E-state index is 5.72. The van der Waals surface area contributed by atoms with E-state index in [0.29, 0.717) is 5.41 Å². The van der Waals surface area contributed by atoms with E-state index in [9.17, 15) is 0 Å². The average molecular weight is 325 g/mol. The van der Waals surface area contributed by atoms with E-state index in [-0.39, 0.29) is 0 Å². The van der Waals surface area contributed by atoms with Crippen molar-refractivity contribution in [2.45, 2.75) is 33.2 Å². The third kappa shape index (κ3) is 5.67. The molecule has 1 heterocycles. The number of rotatable bonds is 7. The highest BCUT2D eigenvalue weighted by Gasteiger charge is 2.16. The van der Waals surface area contributed by atoms with Crippen LogP contribution in [0.3, 0.4) is 0 Å². The predicted octanol–water partition coefficient (Wildman–Crippen LogP) is 4.65. The van der Waals surface area contributed by atoms with Gasteiger partial charge >= 0.3 is 0 Å². The summed E-state index contributed by atoms with van der Waals surface area (Å²) >= 11 is 11.0. The molecule has 0 fully saturated rings. The second kappa shape index (κ2) is 7.00. The van der Waals surface area contributed by atoms with Crippen molar-refractivity contribution < 1.29 is 0 Å². The minimum atomic E-state index is 0.337. The number of thiophene rings is 1. The van der Waals surface area contributed by atoms with Crippen molar-refractivity contribution in [2.75, 3.05) is 12.4 Å². The normalized spacial score (nSPS) is 12.0. The van der Waals surface area contributed by atoms with E-state index in [0.717, 1.165) is 25.4 Å². The molecule has 1 nitrogen and oxygen atoms in total. The number of hydrogen-bond acceptors (Lipinski definition) is 2. The Hall–Kier alpha value is 0.430. The van der Waals surface area contributed by atoms with Crippen molar-refractivity contribution in [2.24, 2.45) is 5.41 Å². The van der Waals surface area contributed by atoms with Gasteiger partial charge in [0.05, 0.1) is 3.79 Å². The zero-order valence-electron chi connectivity index (χ0n) is 9.85. The van der Waals surface area contributed by atoms with Crippen LogP contribution in [0.15, 0.2) is 15.9 Å². The van der Waals surface area contributed by atoms with E-state index in [1.54, 1.807) is 11.3 Å². The minimum absolute atomic E-state index is 0.337. The summed E-state index contributed by atoms with van der Waals surface area (Å²) < 4.78 is 1.20. The van der Waals surface area contributed by atoms with Crippen LogP contribution in [0.4, 0.5) is 0 Å². The van der Waals surface area contributed by atoms with Gasteiger partial charge in [-0.1, -0.05) is 13.8 Å². The molecule has 0 bridgehead atoms. The van der Waals surface area contributed by atoms with E-state index >= 15 is 0 Å². The van der Waals surface area contributed by atoms with Gasteiger partial charge in [-0.3, -0.25) is 0 Å². The molecule has 92 valence electrons. The minimum Gasteiger partial charge on any atom is -0.311 e. The molecule has 0 aromatic carbocycles. The Labute approximate surface area is 116 Å². The maximum Gasteiger partial charge on any atom is 0.0701 e. The summed E-state index contributed by atoms with van der Waals surface area (Å²) in [5.41, 5.74) is 0.337. The summed E-state index contributed by atoms with van der Waals surface area (Å²) in [6.45, 7) is 6.58. The Balaban J connectivity index is 2.24. The van der Waals surface area contributed by atoms with E-state index in [2.05, 4.69) is 47.2 Å². The first-order chi connectivity index (χ1) is 7.53. The van der Waals surface area contributed by atoms with E-state index in [1.807, 2.05) is 0 Å². The van der Waals surface area contributed by atoms with Gasteiger partial charge in [0.2, 0.25) is 0 Å². The summed E-state index contributed by atoms with van der Waals surface area (Å²) in [6.07, 6.45) is 2.28. The second-order valence-corrected chi connectivity index (χ2v) is 7.69. The second-order valence-electron chi connectivity index (χ2n) is 4.77. The Morgan fingerprint density at radius 1 is 1.44 bits per heavy atom. The van der Waals surface area contributed by atoms with Crippen molar-refractivity contribution in [3.8, 4) is 0 Å². The maximum absolute atomic E-state index is 5.72. The van der Waals surface area contributed by atoms with Gasteiger partial charge in [-0.15, -0.1) is 22.9 Å². The van der Waals surface area contributed by atoms with E-state index in [1.165, 1.54) is 15.1 Å². The first-order valence-corrected chi connectivity index (χ1v) is 7.69. The molecule has 0 saturated heterocycles. The largest absolute Gasteiger partial charge is 0.311 e. The lowest BCUT2D eigenvalue weighted by Gasteiger charge is -2.24. The van der Waals surface area contributed by atoms with Crippen molar-refractivity contribution in [3.63, 3.8) is 0 Å². The number of halogens is 2. The first kappa shape index (κ1) is 14.5. The van der Waals surface area contributed by atoms with Gasteiger partial charge in [-0.2, -0.15) is 0 Å². The van der Waals surface area contributed by atoms with Gasteiger partial charge in [0.1, 0.15) is 0 Å². The smallest absolute Gasteiger partial charge is 0.0701 e. The van der Waals surface area contributed by atoms with Crippen LogP contribution < -0.4 is 5.32 Å². The zero-order chi connectivity index (χ0) is 12.0. The molecule has 0 saturated carbocycles. The van der Waals surface area contributed by atoms with Gasteiger partial charge in [0.25, 0.3) is 0 Å². The molecule has 0 radical (unpaired) electrons. The van der Waals surface area contributed by atoms with Crippen LogP contribution in [0.25, 0.3) is 0 Å². The topological polar surface area (TPSA) is 12.0 Å². The van der Waals surface area contributed by atoms with Crippen molar-refractivity contribution >= 4 is 38.9 Å². The van der Waals surface area contributed by atoms with E-state index < -0.39 is 0 Å². The average Bonchev–Trinajstić information content (AvgIpc) is 2.61. The summed E-state index contributed by atoms with van der Waals surface area (Å²) in [6, 6.07) is 4.26. The molecular formula is C12H19BrClNS. The summed E-state index contributed by atoms with van der Waals surface area (Å²) in [4.78, 5) is 1.38. The molecule has 0 atom stereocenters. The first-order valence-electron chi connectivity index (χ1n) is 5.54. The molecule has 0 aliphatic heterocycles. The van der Waals surface area contributed by atoms with E-state index in [4.69, 9.17) is 11.6 Å². The molecule has 1 rings (SSSR count). The van der Waals surface area contributed by atoms with Crippen LogP contribution >= 0.6 is 38.9 Å². The molecular weight excluding hydrogens is 306 g/mol. The lowest BCUT2D eigenvalue weighted by molar-refractivity contribution is 0.311. The Morgan fingerprint density at radius 3 is 2.75 bits per heavy atom. The van der Waals surface area contributed by atoms with Crippen molar-refractivity contribution in [1.29, 1.82) is 0 Å². The fourth-order valence-electron chi connectivity index (χ4n) is 1.60. The van der Waals surface area contributed by atoms with Crippen LogP contribution in [0.2, 0.25) is 0 Å². The van der Waals surface area contributed by atoms with Gasteiger partial charge in [0.15, 0.2) is 0 Å². The molecule has 0 amide bonds. The molecule has 0 aliphatic rings. The zero-order valence-corrected chi connectivity index (χ0v) is 13.0. The number of nitrogens with one attached hydrogen (secondary N) is 1. The van der Waals surface area contributed by atoms with Crippen LogP contribution in [0.1, 0.15) is 31.6 Å². The monoisotopic (exact) mass is 323 g/mol. The SMILES string of the molecule is CC(C)(CCCCl)CNCc1ccc(Br)s1. The molecule has 16 heavy (non-hydrogen) atoms. The molecule has 1 aromatic heterocycles. The van der Waals surface area contributed by atoms with Crippen LogP contribution in [0.5, 0.6) is 0 Å². The number of hydrogen-bond donors (Lipinski definition) is 1. The summed E-state index contributed by atoms with van der Waals surface area (Å²) in [5, 5.41) is 3.51. The summed E-state index contributed by atoms with van der Waals surface area (Å²) in [5.74, 6) is 0.765. The van der Waals surface area contributed by atoms with Crippen LogP contribution in [0, 0.1) is 5.41 Å². The third-order valence-electron chi connectivity index (χ3n) is 2.52. The van der Waals surface area contributed by atoms with Crippen LogP contribution in [-0.2, 0) is 6.54 Å². The standard InChI is InChI=1S/C12H19BrClNS/c1-12(2,6-3-7-14)9-15-8-10-4-5-11(13)16-10/h4-5,15H,3,6-9H2,1-2H3. The molecule has 0 spiro atoms. The molecule has 1 aromatic rings. The Bertz CT molecular complexity index is 312. The molecule has 0 aliphatic carbocycles. The predicted molar refractivity (Wildman–Crippen MR) is 77.5 cm³/mol. The number of alkyl halides is 1. The highest BCUT2D eigenvalue weighted by Crippen LogP contribution is 2.24. The Morgan fingerprint density at radius 2 is 2.19 bits per heavy atom. The quantitative estimate of drug-likeness (QED) is 0.720. The fraction of sp³-hybridized carbons (Fsp3) is 0.667. The third-order valence-corrected chi connectivity index (χ3v) is 4.41. The van der Waals surface area contributed by atoms with Gasteiger partial charge in [0, 0.05) is 23.8 Å². The highest BCUT2D eigenvalue weighted by molar-refractivity contribution is 9.11. The lowest BCUT2D eigenvalue weighted by atomic mass is 9.88.